The molecular weight excluding hydrogens is 363 g/mol. The highest BCUT2D eigenvalue weighted by Gasteiger charge is 2.30. The van der Waals surface area contributed by atoms with Crippen LogP contribution in [0.1, 0.15) is 24.0 Å². The molecule has 3 nitrogen and oxygen atoms in total. The number of halogens is 3. The summed E-state index contributed by atoms with van der Waals surface area (Å²) in [4.78, 5) is 1.39. The van der Waals surface area contributed by atoms with Crippen LogP contribution < -0.4 is 5.73 Å². The maximum Gasteiger partial charge on any atom is 0.416 e. The van der Waals surface area contributed by atoms with Crippen LogP contribution in [0.4, 0.5) is 13.2 Å². The van der Waals surface area contributed by atoms with Gasteiger partial charge >= 0.3 is 6.18 Å². The molecule has 0 amide bonds. The predicted molar refractivity (Wildman–Crippen MR) is 96.0 cm³/mol. The van der Waals surface area contributed by atoms with Gasteiger partial charge in [-0.15, -0.1) is 0 Å². The minimum Gasteiger partial charge on any atom is -0.394 e. The topological polar surface area (TPSA) is 66.5 Å². The molecule has 0 unspecified atom stereocenters. The Hall–Kier alpha value is -1.54. The van der Waals surface area contributed by atoms with Crippen molar-refractivity contribution in [3.63, 3.8) is 0 Å². The molecule has 0 aliphatic carbocycles. The number of rotatable bonds is 8. The van der Waals surface area contributed by atoms with Crippen LogP contribution in [0.5, 0.6) is 0 Å². The molecule has 2 rings (SSSR count). The van der Waals surface area contributed by atoms with Gasteiger partial charge in [-0.2, -0.15) is 13.2 Å². The molecular formula is C19H22F3NO2S. The summed E-state index contributed by atoms with van der Waals surface area (Å²) >= 11 is 1.28. The van der Waals surface area contributed by atoms with Crippen LogP contribution in [0.15, 0.2) is 58.3 Å². The molecule has 2 aromatic carbocycles. The number of aliphatic hydroxyl groups excluding tert-OH is 2. The normalized spacial score (nSPS) is 12.4. The Morgan fingerprint density at radius 3 is 2.15 bits per heavy atom. The third-order valence-electron chi connectivity index (χ3n) is 4.09. The molecule has 0 heterocycles. The predicted octanol–water partition coefficient (Wildman–Crippen LogP) is 3.86. The fraction of sp³-hybridized carbons (Fsp3) is 0.368. The molecule has 0 saturated heterocycles. The summed E-state index contributed by atoms with van der Waals surface area (Å²) in [5, 5.41) is 18.3. The van der Waals surface area contributed by atoms with Crippen molar-refractivity contribution in [2.75, 3.05) is 13.2 Å². The number of aliphatic hydroxyl groups is 2. The quantitative estimate of drug-likeness (QED) is 0.646. The van der Waals surface area contributed by atoms with Gasteiger partial charge in [0.15, 0.2) is 0 Å². The zero-order chi connectivity index (χ0) is 19.2. The Morgan fingerprint density at radius 1 is 0.923 bits per heavy atom. The SMILES string of the molecule is NC(CO)(CO)CCCc1ccc(Sc2cccc(C(F)(F)F)c2)cc1. The highest BCUT2D eigenvalue weighted by atomic mass is 32.2. The molecule has 4 N–H and O–H groups in total. The van der Waals surface area contributed by atoms with E-state index in [4.69, 9.17) is 5.73 Å². The summed E-state index contributed by atoms with van der Waals surface area (Å²) in [6.07, 6.45) is -2.38. The first kappa shape index (κ1) is 20.8. The third kappa shape index (κ3) is 6.02. The molecule has 0 fully saturated rings. The zero-order valence-electron chi connectivity index (χ0n) is 14.2. The second kappa shape index (κ2) is 8.90. The highest BCUT2D eigenvalue weighted by Crippen LogP contribution is 2.34. The van der Waals surface area contributed by atoms with Gasteiger partial charge in [-0.1, -0.05) is 30.0 Å². The Balaban J connectivity index is 1.94. The number of aryl methyl sites for hydroxylation is 1. The van der Waals surface area contributed by atoms with Crippen molar-refractivity contribution in [1.82, 2.24) is 0 Å². The van der Waals surface area contributed by atoms with Crippen LogP contribution >= 0.6 is 11.8 Å². The Kier molecular flexibility index (Phi) is 7.11. The molecule has 0 spiro atoms. The van der Waals surface area contributed by atoms with Crippen molar-refractivity contribution in [3.8, 4) is 0 Å². The van der Waals surface area contributed by atoms with E-state index < -0.39 is 17.3 Å². The van der Waals surface area contributed by atoms with Crippen LogP contribution in [0.25, 0.3) is 0 Å². The molecule has 0 aliphatic rings. The van der Waals surface area contributed by atoms with Crippen LogP contribution in [0, 0.1) is 0 Å². The van der Waals surface area contributed by atoms with E-state index in [1.165, 1.54) is 17.8 Å². The van der Waals surface area contributed by atoms with Gasteiger partial charge in [-0.25, -0.2) is 0 Å². The first-order chi connectivity index (χ1) is 12.3. The van der Waals surface area contributed by atoms with E-state index in [1.807, 2.05) is 24.3 Å². The van der Waals surface area contributed by atoms with Crippen LogP contribution in [0.3, 0.4) is 0 Å². The summed E-state index contributed by atoms with van der Waals surface area (Å²) in [7, 11) is 0. The van der Waals surface area contributed by atoms with E-state index in [2.05, 4.69) is 0 Å². The van der Waals surface area contributed by atoms with E-state index in [0.29, 0.717) is 11.3 Å². The molecule has 0 atom stereocenters. The number of alkyl halides is 3. The lowest BCUT2D eigenvalue weighted by atomic mass is 9.94. The highest BCUT2D eigenvalue weighted by molar-refractivity contribution is 7.99. The summed E-state index contributed by atoms with van der Waals surface area (Å²) < 4.78 is 38.3. The largest absolute Gasteiger partial charge is 0.416 e. The molecule has 2 aromatic rings. The number of hydrogen-bond acceptors (Lipinski definition) is 4. The second-order valence-corrected chi connectivity index (χ2v) is 7.45. The second-order valence-electron chi connectivity index (χ2n) is 6.30. The number of nitrogens with two attached hydrogens (primary N) is 1. The van der Waals surface area contributed by atoms with Gasteiger partial charge in [0.25, 0.3) is 0 Å². The molecule has 0 saturated carbocycles. The summed E-state index contributed by atoms with van der Waals surface area (Å²) in [6, 6.07) is 12.8. The smallest absolute Gasteiger partial charge is 0.394 e. The average Bonchev–Trinajstić information content (AvgIpc) is 2.62. The Bertz CT molecular complexity index is 701. The van der Waals surface area contributed by atoms with Crippen LogP contribution in [-0.2, 0) is 12.6 Å². The maximum absolute atomic E-state index is 12.8. The lowest BCUT2D eigenvalue weighted by Crippen LogP contribution is -2.47. The van der Waals surface area contributed by atoms with Gasteiger partial charge in [0.1, 0.15) is 0 Å². The van der Waals surface area contributed by atoms with E-state index >= 15 is 0 Å². The van der Waals surface area contributed by atoms with Gasteiger partial charge in [0.2, 0.25) is 0 Å². The van der Waals surface area contributed by atoms with E-state index in [9.17, 15) is 23.4 Å². The molecule has 0 radical (unpaired) electrons. The zero-order valence-corrected chi connectivity index (χ0v) is 15.0. The summed E-state index contributed by atoms with van der Waals surface area (Å²) in [6.45, 7) is -0.536. The monoisotopic (exact) mass is 385 g/mol. The van der Waals surface area contributed by atoms with Gasteiger partial charge in [-0.05, 0) is 55.2 Å². The first-order valence-electron chi connectivity index (χ1n) is 8.20. The minimum atomic E-state index is -4.35. The van der Waals surface area contributed by atoms with Gasteiger partial charge in [0.05, 0.1) is 24.3 Å². The van der Waals surface area contributed by atoms with Crippen molar-refractivity contribution < 1.29 is 23.4 Å². The third-order valence-corrected chi connectivity index (χ3v) is 5.09. The van der Waals surface area contributed by atoms with Gasteiger partial charge in [0, 0.05) is 9.79 Å². The lowest BCUT2D eigenvalue weighted by molar-refractivity contribution is -0.137. The molecule has 0 bridgehead atoms. The molecule has 142 valence electrons. The molecule has 0 aliphatic heterocycles. The lowest BCUT2D eigenvalue weighted by Gasteiger charge is -2.24. The fourth-order valence-corrected chi connectivity index (χ4v) is 3.33. The van der Waals surface area contributed by atoms with Crippen LogP contribution in [0.2, 0.25) is 0 Å². The summed E-state index contributed by atoms with van der Waals surface area (Å²) in [5.74, 6) is 0. The van der Waals surface area contributed by atoms with E-state index in [0.717, 1.165) is 35.4 Å². The van der Waals surface area contributed by atoms with Crippen molar-refractivity contribution in [2.45, 2.75) is 40.8 Å². The first-order valence-corrected chi connectivity index (χ1v) is 9.02. The van der Waals surface area contributed by atoms with Gasteiger partial charge in [-0.3, -0.25) is 0 Å². The van der Waals surface area contributed by atoms with Crippen molar-refractivity contribution in [1.29, 1.82) is 0 Å². The molecule has 0 aromatic heterocycles. The molecule has 26 heavy (non-hydrogen) atoms. The Labute approximate surface area is 155 Å². The summed E-state index contributed by atoms with van der Waals surface area (Å²) in [5.41, 5.74) is 5.28. The van der Waals surface area contributed by atoms with Crippen molar-refractivity contribution in [3.05, 3.63) is 59.7 Å². The molecule has 7 heteroatoms. The number of hydrogen-bond donors (Lipinski definition) is 3. The van der Waals surface area contributed by atoms with E-state index in [1.54, 1.807) is 6.07 Å². The van der Waals surface area contributed by atoms with Crippen molar-refractivity contribution >= 4 is 11.8 Å². The van der Waals surface area contributed by atoms with Gasteiger partial charge < -0.3 is 15.9 Å². The Morgan fingerprint density at radius 2 is 1.58 bits per heavy atom. The van der Waals surface area contributed by atoms with Crippen LogP contribution in [-0.4, -0.2) is 29.0 Å². The fourth-order valence-electron chi connectivity index (χ4n) is 2.45. The minimum absolute atomic E-state index is 0.268. The maximum atomic E-state index is 12.8. The number of benzene rings is 2. The van der Waals surface area contributed by atoms with E-state index in [-0.39, 0.29) is 13.2 Å². The average molecular weight is 385 g/mol. The van der Waals surface area contributed by atoms with Crippen molar-refractivity contribution in [2.24, 2.45) is 5.73 Å². The standard InChI is InChI=1S/C19H22F3NO2S/c20-19(21,22)15-4-1-5-17(11-15)26-16-8-6-14(7-9-16)3-2-10-18(23,12-24)13-25/h1,4-9,11,24-25H,2-3,10,12-13,23H2.